The summed E-state index contributed by atoms with van der Waals surface area (Å²) < 4.78 is 15.6. The van der Waals surface area contributed by atoms with Crippen LogP contribution in [0.5, 0.6) is 5.75 Å². The number of hydrogen-bond donors (Lipinski definition) is 0. The molecule has 1 aliphatic heterocycles. The van der Waals surface area contributed by atoms with Crippen molar-refractivity contribution in [3.63, 3.8) is 0 Å². The highest BCUT2D eigenvalue weighted by Crippen LogP contribution is 2.24. The van der Waals surface area contributed by atoms with Crippen LogP contribution in [0, 0.1) is 0 Å². The molecule has 4 heteroatoms. The van der Waals surface area contributed by atoms with Crippen LogP contribution in [-0.2, 0) is 9.47 Å². The first-order valence-electron chi connectivity index (χ1n) is 5.18. The molecule has 2 atom stereocenters. The average Bonchev–Trinajstić information content (AvgIpc) is 2.33. The Bertz CT molecular complexity index is 388. The highest BCUT2D eigenvalue weighted by Gasteiger charge is 2.30. The van der Waals surface area contributed by atoms with E-state index in [4.69, 9.17) is 9.47 Å². The predicted octanol–water partition coefficient (Wildman–Crippen LogP) is 1.64. The molecule has 0 N–H and O–H groups in total. The summed E-state index contributed by atoms with van der Waals surface area (Å²) in [6, 6.07) is 7.05. The predicted molar refractivity (Wildman–Crippen MR) is 57.6 cm³/mol. The molecule has 0 spiro atoms. The molecule has 4 nitrogen and oxygen atoms in total. The molecule has 1 aromatic carbocycles. The van der Waals surface area contributed by atoms with Crippen LogP contribution in [0.3, 0.4) is 0 Å². The van der Waals surface area contributed by atoms with Gasteiger partial charge >= 0.3 is 5.97 Å². The molecule has 1 fully saturated rings. The quantitative estimate of drug-likeness (QED) is 0.729. The summed E-state index contributed by atoms with van der Waals surface area (Å²) in [6.45, 7) is 2.51. The summed E-state index contributed by atoms with van der Waals surface area (Å²) in [5.41, 5.74) is 0.448. The summed E-state index contributed by atoms with van der Waals surface area (Å²) in [5.74, 6) is 0.165. The van der Waals surface area contributed by atoms with Crippen molar-refractivity contribution >= 4 is 5.97 Å². The molecular formula is C12H14O4. The third-order valence-electron chi connectivity index (χ3n) is 2.62. The maximum absolute atomic E-state index is 11.5. The number of hydrogen-bond acceptors (Lipinski definition) is 4. The second-order valence-electron chi connectivity index (χ2n) is 3.68. The zero-order chi connectivity index (χ0) is 11.5. The van der Waals surface area contributed by atoms with Gasteiger partial charge in [0.15, 0.2) is 0 Å². The Kier molecular flexibility index (Phi) is 3.10. The molecule has 0 radical (unpaired) electrons. The van der Waals surface area contributed by atoms with E-state index in [2.05, 4.69) is 4.74 Å². The Morgan fingerprint density at radius 2 is 2.19 bits per heavy atom. The summed E-state index contributed by atoms with van der Waals surface area (Å²) in [6.07, 6.45) is 0.0940. The number of ether oxygens (including phenoxy) is 3. The Labute approximate surface area is 94.1 Å². The number of esters is 1. The molecule has 2 rings (SSSR count). The lowest BCUT2D eigenvalue weighted by atomic mass is 10.1. The smallest absolute Gasteiger partial charge is 0.341 e. The third kappa shape index (κ3) is 2.02. The molecular weight excluding hydrogens is 208 g/mol. The van der Waals surface area contributed by atoms with Gasteiger partial charge in [-0.3, -0.25) is 0 Å². The number of para-hydroxylation sites is 1. The van der Waals surface area contributed by atoms with Gasteiger partial charge in [-0.25, -0.2) is 4.79 Å². The first kappa shape index (κ1) is 11.0. The van der Waals surface area contributed by atoms with Gasteiger partial charge < -0.3 is 14.2 Å². The molecule has 0 aliphatic carbocycles. The van der Waals surface area contributed by atoms with Crippen LogP contribution in [0.1, 0.15) is 17.3 Å². The monoisotopic (exact) mass is 222 g/mol. The lowest BCUT2D eigenvalue weighted by Gasteiger charge is -2.34. The van der Waals surface area contributed by atoms with E-state index < -0.39 is 0 Å². The fourth-order valence-electron chi connectivity index (χ4n) is 1.51. The first-order chi connectivity index (χ1) is 7.72. The normalized spacial score (nSPS) is 23.4. The maximum atomic E-state index is 11.5. The fourth-order valence-corrected chi connectivity index (χ4v) is 1.51. The van der Waals surface area contributed by atoms with Crippen LogP contribution in [-0.4, -0.2) is 31.9 Å². The summed E-state index contributed by atoms with van der Waals surface area (Å²) in [7, 11) is 1.36. The van der Waals surface area contributed by atoms with Gasteiger partial charge in [-0.05, 0) is 19.1 Å². The summed E-state index contributed by atoms with van der Waals surface area (Å²) in [4.78, 5) is 11.5. The Morgan fingerprint density at radius 3 is 2.75 bits per heavy atom. The number of rotatable bonds is 3. The van der Waals surface area contributed by atoms with Gasteiger partial charge in [0.05, 0.1) is 19.8 Å². The molecule has 0 amide bonds. The minimum Gasteiger partial charge on any atom is -0.484 e. The lowest BCUT2D eigenvalue weighted by molar-refractivity contribution is -0.139. The molecule has 2 unspecified atom stereocenters. The SMILES string of the molecule is COC(=O)c1ccccc1OC1COC1C. The molecule has 86 valence electrons. The van der Waals surface area contributed by atoms with Gasteiger partial charge in [0.25, 0.3) is 0 Å². The van der Waals surface area contributed by atoms with Crippen LogP contribution in [0.25, 0.3) is 0 Å². The van der Waals surface area contributed by atoms with Crippen molar-refractivity contribution in [1.82, 2.24) is 0 Å². The van der Waals surface area contributed by atoms with Gasteiger partial charge in [0.1, 0.15) is 17.4 Å². The van der Waals surface area contributed by atoms with Crippen LogP contribution in [0.4, 0.5) is 0 Å². The van der Waals surface area contributed by atoms with E-state index in [9.17, 15) is 4.79 Å². The van der Waals surface area contributed by atoms with Crippen molar-refractivity contribution in [2.24, 2.45) is 0 Å². The molecule has 1 heterocycles. The van der Waals surface area contributed by atoms with Crippen LogP contribution in [0.2, 0.25) is 0 Å². The van der Waals surface area contributed by atoms with Gasteiger partial charge in [0.2, 0.25) is 0 Å². The zero-order valence-corrected chi connectivity index (χ0v) is 9.30. The van der Waals surface area contributed by atoms with Crippen molar-refractivity contribution in [3.05, 3.63) is 29.8 Å². The average molecular weight is 222 g/mol. The first-order valence-corrected chi connectivity index (χ1v) is 5.18. The lowest BCUT2D eigenvalue weighted by Crippen LogP contribution is -2.46. The van der Waals surface area contributed by atoms with E-state index in [-0.39, 0.29) is 18.2 Å². The van der Waals surface area contributed by atoms with Crippen molar-refractivity contribution in [2.75, 3.05) is 13.7 Å². The number of benzene rings is 1. The van der Waals surface area contributed by atoms with E-state index in [1.165, 1.54) is 7.11 Å². The Hall–Kier alpha value is -1.55. The van der Waals surface area contributed by atoms with Crippen molar-refractivity contribution in [3.8, 4) is 5.75 Å². The molecule has 16 heavy (non-hydrogen) atoms. The number of carbonyl (C=O) groups is 1. The maximum Gasteiger partial charge on any atom is 0.341 e. The number of carbonyl (C=O) groups excluding carboxylic acids is 1. The highest BCUT2D eigenvalue weighted by atomic mass is 16.6. The van der Waals surface area contributed by atoms with Gasteiger partial charge in [-0.2, -0.15) is 0 Å². The van der Waals surface area contributed by atoms with E-state index in [1.54, 1.807) is 18.2 Å². The molecule has 0 saturated carbocycles. The molecule has 0 bridgehead atoms. The van der Waals surface area contributed by atoms with E-state index in [1.807, 2.05) is 13.0 Å². The standard InChI is InChI=1S/C12H14O4/c1-8-11(7-15-8)16-10-6-4-3-5-9(10)12(13)14-2/h3-6,8,11H,7H2,1-2H3. The van der Waals surface area contributed by atoms with Crippen molar-refractivity contribution in [2.45, 2.75) is 19.1 Å². The van der Waals surface area contributed by atoms with Crippen LogP contribution < -0.4 is 4.74 Å². The molecule has 1 aromatic rings. The molecule has 1 saturated heterocycles. The van der Waals surface area contributed by atoms with Gasteiger partial charge in [-0.15, -0.1) is 0 Å². The van der Waals surface area contributed by atoms with E-state index >= 15 is 0 Å². The van der Waals surface area contributed by atoms with Gasteiger partial charge in [-0.1, -0.05) is 12.1 Å². The Morgan fingerprint density at radius 1 is 1.44 bits per heavy atom. The minimum atomic E-state index is -0.386. The van der Waals surface area contributed by atoms with E-state index in [0.29, 0.717) is 17.9 Å². The second-order valence-corrected chi connectivity index (χ2v) is 3.68. The largest absolute Gasteiger partial charge is 0.484 e. The number of methoxy groups -OCH3 is 1. The zero-order valence-electron chi connectivity index (χ0n) is 9.30. The summed E-state index contributed by atoms with van der Waals surface area (Å²) in [5, 5.41) is 0. The second kappa shape index (κ2) is 4.53. The minimum absolute atomic E-state index is 0.0193. The van der Waals surface area contributed by atoms with Crippen LogP contribution >= 0.6 is 0 Å². The molecule has 0 aromatic heterocycles. The molecule has 1 aliphatic rings. The van der Waals surface area contributed by atoms with E-state index in [0.717, 1.165) is 0 Å². The van der Waals surface area contributed by atoms with Crippen LogP contribution in [0.15, 0.2) is 24.3 Å². The third-order valence-corrected chi connectivity index (χ3v) is 2.62. The fraction of sp³-hybridized carbons (Fsp3) is 0.417. The van der Waals surface area contributed by atoms with Gasteiger partial charge in [0, 0.05) is 0 Å². The summed E-state index contributed by atoms with van der Waals surface area (Å²) >= 11 is 0. The van der Waals surface area contributed by atoms with Crippen molar-refractivity contribution in [1.29, 1.82) is 0 Å². The van der Waals surface area contributed by atoms with Crippen molar-refractivity contribution < 1.29 is 19.0 Å². The topological polar surface area (TPSA) is 44.8 Å². The highest BCUT2D eigenvalue weighted by molar-refractivity contribution is 5.92. The Balaban J connectivity index is 2.16.